The number of para-hydroxylation sites is 1. The Morgan fingerprint density at radius 3 is 2.74 bits per heavy atom. The predicted octanol–water partition coefficient (Wildman–Crippen LogP) is 4.77. The summed E-state index contributed by atoms with van der Waals surface area (Å²) in [6, 6.07) is 17.1. The lowest BCUT2D eigenvalue weighted by Gasteiger charge is -2.38. The van der Waals surface area contributed by atoms with Crippen LogP contribution in [0.4, 0.5) is 5.82 Å². The van der Waals surface area contributed by atoms with Crippen molar-refractivity contribution in [2.24, 2.45) is 5.92 Å². The molecule has 0 saturated carbocycles. The Balaban J connectivity index is 1.10. The fraction of sp³-hybridized carbons (Fsp3) is 0.471. The number of morpholine rings is 1. The number of aliphatic carboxylic acids is 1. The number of pyridine rings is 1. The van der Waals surface area contributed by atoms with Crippen molar-refractivity contribution in [1.82, 2.24) is 9.88 Å². The molecule has 0 spiro atoms. The zero-order valence-corrected chi connectivity index (χ0v) is 24.4. The van der Waals surface area contributed by atoms with Crippen LogP contribution in [-0.4, -0.2) is 72.1 Å². The van der Waals surface area contributed by atoms with Gasteiger partial charge in [-0.3, -0.25) is 9.69 Å². The summed E-state index contributed by atoms with van der Waals surface area (Å²) in [5.74, 6) is 0.296. The fourth-order valence-corrected chi connectivity index (χ4v) is 7.40. The van der Waals surface area contributed by atoms with Gasteiger partial charge in [0.15, 0.2) is 0 Å². The third-order valence-electron chi connectivity index (χ3n) is 9.78. The van der Waals surface area contributed by atoms with Crippen molar-refractivity contribution in [2.75, 3.05) is 37.8 Å². The molecule has 3 atom stereocenters. The van der Waals surface area contributed by atoms with Gasteiger partial charge in [-0.15, -0.1) is 0 Å². The van der Waals surface area contributed by atoms with Crippen molar-refractivity contribution in [3.05, 3.63) is 76.3 Å². The van der Waals surface area contributed by atoms with Gasteiger partial charge in [0.1, 0.15) is 24.1 Å². The summed E-state index contributed by atoms with van der Waals surface area (Å²) in [6.07, 6.45) is 3.05. The second-order valence-corrected chi connectivity index (χ2v) is 12.1. The van der Waals surface area contributed by atoms with Gasteiger partial charge in [0.2, 0.25) is 0 Å². The van der Waals surface area contributed by atoms with Gasteiger partial charge >= 0.3 is 5.97 Å². The summed E-state index contributed by atoms with van der Waals surface area (Å²) in [7, 11) is 0. The lowest BCUT2D eigenvalue weighted by atomic mass is 9.90. The van der Waals surface area contributed by atoms with Gasteiger partial charge in [-0.2, -0.15) is 0 Å². The van der Waals surface area contributed by atoms with Gasteiger partial charge in [0, 0.05) is 44.5 Å². The molecule has 3 unspecified atom stereocenters. The lowest BCUT2D eigenvalue weighted by molar-refractivity contribution is -0.142. The van der Waals surface area contributed by atoms with Gasteiger partial charge in [-0.05, 0) is 79.1 Å². The Kier molecular flexibility index (Phi) is 7.38. The SMILES string of the molecule is Cc1cccc(-c2cccc(N3CC4OCC3C4C(=O)O)n2)c1OCc1ccc2c(c1C)CCN(C1CCOCC1)C2. The molecule has 0 aliphatic carbocycles. The van der Waals surface area contributed by atoms with Gasteiger partial charge in [-0.25, -0.2) is 4.98 Å². The molecule has 1 aromatic heterocycles. The van der Waals surface area contributed by atoms with Crippen LogP contribution < -0.4 is 9.64 Å². The van der Waals surface area contributed by atoms with E-state index in [4.69, 9.17) is 19.2 Å². The molecule has 1 N–H and O–H groups in total. The van der Waals surface area contributed by atoms with Crippen molar-refractivity contribution in [3.8, 4) is 17.0 Å². The first-order valence-electron chi connectivity index (χ1n) is 15.2. The number of hydrogen-bond donors (Lipinski definition) is 1. The highest BCUT2D eigenvalue weighted by molar-refractivity contribution is 5.75. The summed E-state index contributed by atoms with van der Waals surface area (Å²) >= 11 is 0. The molecule has 7 rings (SSSR count). The van der Waals surface area contributed by atoms with E-state index >= 15 is 0 Å². The van der Waals surface area contributed by atoms with Crippen LogP contribution in [0.5, 0.6) is 5.75 Å². The van der Waals surface area contributed by atoms with E-state index in [2.05, 4.69) is 47.9 Å². The summed E-state index contributed by atoms with van der Waals surface area (Å²) in [4.78, 5) is 21.6. The number of hydrogen-bond acceptors (Lipinski definition) is 7. The van der Waals surface area contributed by atoms with E-state index < -0.39 is 11.9 Å². The smallest absolute Gasteiger partial charge is 0.311 e. The Bertz CT molecular complexity index is 1490. The molecule has 4 aliphatic rings. The number of carbonyl (C=O) groups is 1. The average Bonchev–Trinajstić information content (AvgIpc) is 3.61. The molecule has 4 aliphatic heterocycles. The standard InChI is InChI=1S/C34H39N3O5/c1-21-5-3-6-27(28-7-4-8-31(35-28)37-18-30-32(34(38)39)29(37)20-41-30)33(21)42-19-24-10-9-23-17-36(14-11-26(23)22(24)2)25-12-15-40-16-13-25/h3-10,25,29-30,32H,11-20H2,1-2H3,(H,38,39). The van der Waals surface area contributed by atoms with Gasteiger partial charge in [0.25, 0.3) is 0 Å². The van der Waals surface area contributed by atoms with Crippen LogP contribution in [0.1, 0.15) is 40.7 Å². The van der Waals surface area contributed by atoms with Crippen molar-refractivity contribution in [1.29, 1.82) is 0 Å². The maximum atomic E-state index is 11.8. The number of carboxylic acid groups (broad SMARTS) is 1. The zero-order valence-electron chi connectivity index (χ0n) is 24.4. The highest BCUT2D eigenvalue weighted by Gasteiger charge is 2.52. The molecule has 0 amide bonds. The molecule has 8 nitrogen and oxygen atoms in total. The van der Waals surface area contributed by atoms with Gasteiger partial charge in [0.05, 0.1) is 24.4 Å². The largest absolute Gasteiger partial charge is 0.488 e. The molecule has 3 saturated heterocycles. The molecule has 220 valence electrons. The number of anilines is 1. The van der Waals surface area contributed by atoms with Crippen molar-refractivity contribution in [2.45, 2.75) is 64.4 Å². The number of ether oxygens (including phenoxy) is 3. The monoisotopic (exact) mass is 569 g/mol. The van der Waals surface area contributed by atoms with Crippen LogP contribution in [-0.2, 0) is 33.8 Å². The first-order valence-corrected chi connectivity index (χ1v) is 15.2. The normalized spacial score (nSPS) is 24.1. The van der Waals surface area contributed by atoms with Crippen LogP contribution in [0.15, 0.2) is 48.5 Å². The Morgan fingerprint density at radius 1 is 1.10 bits per heavy atom. The summed E-state index contributed by atoms with van der Waals surface area (Å²) < 4.78 is 17.9. The Hall–Kier alpha value is -3.46. The quantitative estimate of drug-likeness (QED) is 0.436. The van der Waals surface area contributed by atoms with Crippen molar-refractivity contribution in [3.63, 3.8) is 0 Å². The number of carboxylic acids is 1. The van der Waals surface area contributed by atoms with E-state index in [1.807, 2.05) is 24.3 Å². The average molecular weight is 570 g/mol. The van der Waals surface area contributed by atoms with Gasteiger partial charge < -0.3 is 24.2 Å². The number of nitrogens with zero attached hydrogens (tertiary/aromatic N) is 3. The van der Waals surface area contributed by atoms with Crippen LogP contribution >= 0.6 is 0 Å². The first kappa shape index (κ1) is 27.4. The lowest BCUT2D eigenvalue weighted by Crippen LogP contribution is -2.42. The zero-order chi connectivity index (χ0) is 28.8. The summed E-state index contributed by atoms with van der Waals surface area (Å²) in [5.41, 5.74) is 8.29. The van der Waals surface area contributed by atoms with E-state index in [0.29, 0.717) is 25.8 Å². The maximum Gasteiger partial charge on any atom is 0.311 e. The second-order valence-electron chi connectivity index (χ2n) is 12.1. The molecule has 0 radical (unpaired) electrons. The Morgan fingerprint density at radius 2 is 1.93 bits per heavy atom. The Labute approximate surface area is 247 Å². The summed E-state index contributed by atoms with van der Waals surface area (Å²) in [6.45, 7) is 9.64. The summed E-state index contributed by atoms with van der Waals surface area (Å²) in [5, 5.41) is 9.71. The third-order valence-corrected chi connectivity index (χ3v) is 9.78. The predicted molar refractivity (Wildman–Crippen MR) is 160 cm³/mol. The van der Waals surface area contributed by atoms with E-state index in [9.17, 15) is 9.90 Å². The highest BCUT2D eigenvalue weighted by atomic mass is 16.5. The third kappa shape index (κ3) is 4.95. The molecular formula is C34H39N3O5. The molecule has 3 fully saturated rings. The first-order chi connectivity index (χ1) is 20.5. The number of fused-ring (bicyclic) bond motifs is 3. The molecule has 8 heteroatoms. The van der Waals surface area contributed by atoms with Crippen LogP contribution in [0.25, 0.3) is 11.3 Å². The number of aromatic nitrogens is 1. The van der Waals surface area contributed by atoms with Crippen molar-refractivity contribution < 1.29 is 24.1 Å². The molecule has 2 bridgehead atoms. The molecule has 42 heavy (non-hydrogen) atoms. The minimum atomic E-state index is -0.801. The second kappa shape index (κ2) is 11.3. The maximum absolute atomic E-state index is 11.8. The van der Waals surface area contributed by atoms with Gasteiger partial charge in [-0.1, -0.05) is 30.3 Å². The number of benzene rings is 2. The highest BCUT2D eigenvalue weighted by Crippen LogP contribution is 2.39. The minimum Gasteiger partial charge on any atom is -0.488 e. The minimum absolute atomic E-state index is 0.195. The van der Waals surface area contributed by atoms with Crippen LogP contribution in [0.3, 0.4) is 0 Å². The number of aryl methyl sites for hydroxylation is 1. The van der Waals surface area contributed by atoms with E-state index in [-0.39, 0.29) is 12.1 Å². The molecule has 3 aromatic rings. The van der Waals surface area contributed by atoms with E-state index in [1.165, 1.54) is 22.3 Å². The number of rotatable bonds is 7. The fourth-order valence-electron chi connectivity index (χ4n) is 7.40. The molecular weight excluding hydrogens is 530 g/mol. The van der Waals surface area contributed by atoms with Crippen LogP contribution in [0, 0.1) is 19.8 Å². The van der Waals surface area contributed by atoms with Crippen molar-refractivity contribution >= 4 is 11.8 Å². The van der Waals surface area contributed by atoms with Crippen LogP contribution in [0.2, 0.25) is 0 Å². The molecule has 5 heterocycles. The topological polar surface area (TPSA) is 84.4 Å². The van der Waals surface area contributed by atoms with E-state index in [1.54, 1.807) is 0 Å². The molecule has 2 aromatic carbocycles. The van der Waals surface area contributed by atoms with E-state index in [0.717, 1.165) is 74.0 Å².